The third kappa shape index (κ3) is 9.92. The Balaban J connectivity index is 0.000000181. The van der Waals surface area contributed by atoms with Crippen LogP contribution in [0.5, 0.6) is 0 Å². The van der Waals surface area contributed by atoms with Crippen LogP contribution in [-0.2, 0) is 16.8 Å². The fraction of sp³-hybridized carbons (Fsp3) is 0.0667. The van der Waals surface area contributed by atoms with Gasteiger partial charge in [0, 0.05) is 0 Å². The Morgan fingerprint density at radius 3 is 1.21 bits per heavy atom. The molecule has 6 aromatic rings. The summed E-state index contributed by atoms with van der Waals surface area (Å²) >= 11 is 0. The van der Waals surface area contributed by atoms with Gasteiger partial charge in [0.2, 0.25) is 0 Å². The summed E-state index contributed by atoms with van der Waals surface area (Å²) in [5.74, 6) is -2.25. The summed E-state index contributed by atoms with van der Waals surface area (Å²) in [5.41, 5.74) is 6.79. The van der Waals surface area contributed by atoms with Crippen molar-refractivity contribution in [2.75, 3.05) is 0 Å². The van der Waals surface area contributed by atoms with Gasteiger partial charge in [-0.1, -0.05) is 83.9 Å². The van der Waals surface area contributed by atoms with Gasteiger partial charge in [0.15, 0.2) is 0 Å². The van der Waals surface area contributed by atoms with Gasteiger partial charge in [0.25, 0.3) is 0 Å². The summed E-state index contributed by atoms with van der Waals surface area (Å²) in [6, 6.07) is 29.0. The van der Waals surface area contributed by atoms with Crippen LogP contribution in [0.3, 0.4) is 0 Å². The molecule has 2 N–H and O–H groups in total. The van der Waals surface area contributed by atoms with Crippen molar-refractivity contribution in [3.8, 4) is 0 Å². The molecule has 6 rings (SSSR count). The summed E-state index contributed by atoms with van der Waals surface area (Å²) in [7, 11) is 0. The zero-order valence-corrected chi connectivity index (χ0v) is 22.3. The minimum Gasteiger partial charge on any atom is -0.545 e. The summed E-state index contributed by atoms with van der Waals surface area (Å²) < 4.78 is 0. The first-order valence-corrected chi connectivity index (χ1v) is 11.7. The molecule has 2 aromatic heterocycles. The van der Waals surface area contributed by atoms with Crippen LogP contribution in [0.2, 0.25) is 0 Å². The fourth-order valence-electron chi connectivity index (χ4n) is 3.14. The molecule has 0 fully saturated rings. The van der Waals surface area contributed by atoms with Crippen LogP contribution >= 0.6 is 0 Å². The molecular formula is C30H26CoN4O4. The van der Waals surface area contributed by atoms with Gasteiger partial charge < -0.3 is 29.8 Å². The standard InChI is InChI=1S/2C8H8O2.2C7H6N2.Co/c2*1-6-2-4-7(5-3-6)8(9)10;2*1-2-4-7-6(3-1)8-5-9-7;/h2*2-5H,1H3,(H,9,10);2*1-5H,(H,8,9);/q;;;;+2/p-2. The number of nitrogens with one attached hydrogen (secondary N) is 2. The van der Waals surface area contributed by atoms with Gasteiger partial charge in [-0.05, 0) is 49.2 Å². The number of aromatic carboxylic acids is 2. The van der Waals surface area contributed by atoms with Gasteiger partial charge in [0.1, 0.15) is 0 Å². The van der Waals surface area contributed by atoms with Crippen LogP contribution < -0.4 is 10.2 Å². The van der Waals surface area contributed by atoms with Crippen LogP contribution in [0.25, 0.3) is 22.1 Å². The third-order valence-electron chi connectivity index (χ3n) is 5.23. The van der Waals surface area contributed by atoms with E-state index in [0.717, 1.165) is 33.2 Å². The van der Waals surface area contributed by atoms with Crippen LogP contribution in [-0.4, -0.2) is 31.9 Å². The van der Waals surface area contributed by atoms with Gasteiger partial charge >= 0.3 is 16.8 Å². The molecule has 0 saturated heterocycles. The van der Waals surface area contributed by atoms with Crippen molar-refractivity contribution in [3.05, 3.63) is 132 Å². The first-order chi connectivity index (χ1) is 18.3. The first kappa shape index (κ1) is 30.5. The third-order valence-corrected chi connectivity index (χ3v) is 5.23. The number of aromatic amines is 2. The molecule has 2 heterocycles. The van der Waals surface area contributed by atoms with E-state index in [1.807, 2.05) is 62.4 Å². The fourth-order valence-corrected chi connectivity index (χ4v) is 3.14. The quantitative estimate of drug-likeness (QED) is 0.327. The van der Waals surface area contributed by atoms with E-state index in [1.165, 1.54) is 24.3 Å². The summed E-state index contributed by atoms with van der Waals surface area (Å²) in [6.07, 6.45) is 3.40. The van der Waals surface area contributed by atoms with E-state index in [4.69, 9.17) is 0 Å². The Kier molecular flexibility index (Phi) is 12.1. The van der Waals surface area contributed by atoms with Crippen LogP contribution in [0, 0.1) is 13.8 Å². The molecule has 0 spiro atoms. The molecule has 8 nitrogen and oxygen atoms in total. The summed E-state index contributed by atoms with van der Waals surface area (Å²) in [4.78, 5) is 34.5. The maximum Gasteiger partial charge on any atom is 2.00 e. The molecule has 0 saturated carbocycles. The minimum atomic E-state index is -1.12. The van der Waals surface area contributed by atoms with Crippen molar-refractivity contribution in [3.63, 3.8) is 0 Å². The average molecular weight is 565 g/mol. The Morgan fingerprint density at radius 2 is 0.897 bits per heavy atom. The number of aromatic nitrogens is 4. The predicted octanol–water partition coefficient (Wildman–Crippen LogP) is 3.84. The number of para-hydroxylation sites is 4. The number of aryl methyl sites for hydroxylation is 2. The maximum absolute atomic E-state index is 10.2. The van der Waals surface area contributed by atoms with Crippen molar-refractivity contribution in [1.82, 2.24) is 19.9 Å². The van der Waals surface area contributed by atoms with Crippen molar-refractivity contribution in [1.29, 1.82) is 0 Å². The smallest absolute Gasteiger partial charge is 0.545 e. The van der Waals surface area contributed by atoms with E-state index in [0.29, 0.717) is 0 Å². The molecule has 9 heteroatoms. The monoisotopic (exact) mass is 565 g/mol. The van der Waals surface area contributed by atoms with Crippen LogP contribution in [0.15, 0.2) is 110 Å². The number of fused-ring (bicyclic) bond motifs is 2. The molecule has 0 atom stereocenters. The molecule has 0 bridgehead atoms. The number of carbonyl (C=O) groups excluding carboxylic acids is 2. The van der Waals surface area contributed by atoms with Crippen LogP contribution in [0.4, 0.5) is 0 Å². The van der Waals surface area contributed by atoms with Crippen molar-refractivity contribution < 1.29 is 36.6 Å². The number of imidazole rings is 2. The number of nitrogens with zero attached hydrogens (tertiary/aromatic N) is 2. The molecule has 4 aromatic carbocycles. The Morgan fingerprint density at radius 1 is 0.564 bits per heavy atom. The van der Waals surface area contributed by atoms with Gasteiger partial charge in [-0.15, -0.1) is 0 Å². The van der Waals surface area contributed by atoms with E-state index in [9.17, 15) is 19.8 Å². The van der Waals surface area contributed by atoms with Gasteiger partial charge in [-0.25, -0.2) is 9.97 Å². The molecule has 0 aliphatic heterocycles. The zero-order chi connectivity index (χ0) is 27.3. The maximum atomic E-state index is 10.2. The number of benzene rings is 4. The van der Waals surface area contributed by atoms with Crippen LogP contribution in [0.1, 0.15) is 31.8 Å². The van der Waals surface area contributed by atoms with Gasteiger partial charge in [0.05, 0.1) is 46.7 Å². The largest absolute Gasteiger partial charge is 2.00 e. The van der Waals surface area contributed by atoms with Crippen molar-refractivity contribution in [2.45, 2.75) is 13.8 Å². The number of hydrogen-bond acceptors (Lipinski definition) is 6. The number of hydrogen-bond donors (Lipinski definition) is 2. The van der Waals surface area contributed by atoms with E-state index < -0.39 is 11.9 Å². The molecular weight excluding hydrogens is 539 g/mol. The normalized spacial score (nSPS) is 9.49. The van der Waals surface area contributed by atoms with E-state index >= 15 is 0 Å². The average Bonchev–Trinajstić information content (AvgIpc) is 3.60. The molecule has 1 radical (unpaired) electrons. The SMILES string of the molecule is Cc1ccc(C(=O)[O-])cc1.Cc1ccc(C(=O)[O-])cc1.[Co+2].c1ccc2[nH]cnc2c1.c1ccc2[nH]cnc2c1. The Hall–Kier alpha value is -4.73. The zero-order valence-electron chi connectivity index (χ0n) is 21.3. The summed E-state index contributed by atoms with van der Waals surface area (Å²) in [6.45, 7) is 3.80. The Labute approximate surface area is 236 Å². The second-order valence-electron chi connectivity index (χ2n) is 8.15. The van der Waals surface area contributed by atoms with Gasteiger partial charge in [-0.3, -0.25) is 0 Å². The number of H-pyrrole nitrogens is 2. The number of carbonyl (C=O) groups is 2. The van der Waals surface area contributed by atoms with E-state index in [-0.39, 0.29) is 27.9 Å². The summed E-state index contributed by atoms with van der Waals surface area (Å²) in [5, 5.41) is 20.4. The molecule has 199 valence electrons. The molecule has 0 unspecified atom stereocenters. The van der Waals surface area contributed by atoms with Crippen molar-refractivity contribution in [2.24, 2.45) is 0 Å². The number of rotatable bonds is 2. The molecule has 0 amide bonds. The van der Waals surface area contributed by atoms with E-state index in [2.05, 4.69) is 19.9 Å². The van der Waals surface area contributed by atoms with Crippen molar-refractivity contribution >= 4 is 34.0 Å². The van der Waals surface area contributed by atoms with Gasteiger partial charge in [-0.2, -0.15) is 0 Å². The molecule has 39 heavy (non-hydrogen) atoms. The first-order valence-electron chi connectivity index (χ1n) is 11.7. The predicted molar refractivity (Wildman–Crippen MR) is 143 cm³/mol. The minimum absolute atomic E-state index is 0. The second-order valence-corrected chi connectivity index (χ2v) is 8.15. The number of carboxylic acids is 2. The van der Waals surface area contributed by atoms with E-state index in [1.54, 1.807) is 36.9 Å². The Bertz CT molecular complexity index is 1410. The topological polar surface area (TPSA) is 138 Å². The number of carboxylic acid groups (broad SMARTS) is 2. The molecule has 0 aliphatic carbocycles. The molecule has 0 aliphatic rings. The second kappa shape index (κ2) is 15.5.